The number of hydrogen-bond donors (Lipinski definition) is 0. The topological polar surface area (TPSA) is 54.5 Å². The molecular formula is C10H5F3N4. The Hall–Kier alpha value is -2.36. The predicted molar refractivity (Wildman–Crippen MR) is 51.1 cm³/mol. The fourth-order valence-electron chi connectivity index (χ4n) is 1.36. The minimum Gasteiger partial charge on any atom is -0.223 e. The van der Waals surface area contributed by atoms with E-state index in [0.717, 1.165) is 12.1 Å². The van der Waals surface area contributed by atoms with E-state index in [0.29, 0.717) is 5.69 Å². The number of nitriles is 1. The molecule has 86 valence electrons. The number of rotatable bonds is 1. The molecule has 0 fully saturated rings. The standard InChI is InChI=1S/C10H5F3N4/c11-10(12,13)9-2-1-8(3-7(9)4-14)17-6-15-5-16-17/h1-3,5-6H. The van der Waals surface area contributed by atoms with Gasteiger partial charge in [-0.25, -0.2) is 9.67 Å². The Kier molecular flexibility index (Phi) is 2.55. The van der Waals surface area contributed by atoms with E-state index in [1.165, 1.54) is 29.5 Å². The summed E-state index contributed by atoms with van der Waals surface area (Å²) < 4.78 is 38.8. The normalized spacial score (nSPS) is 11.2. The van der Waals surface area contributed by atoms with Crippen LogP contribution in [0.25, 0.3) is 5.69 Å². The first kappa shape index (κ1) is 11.1. The van der Waals surface area contributed by atoms with Crippen molar-refractivity contribution in [2.24, 2.45) is 0 Å². The summed E-state index contributed by atoms with van der Waals surface area (Å²) in [6.07, 6.45) is -1.95. The third kappa shape index (κ3) is 2.10. The van der Waals surface area contributed by atoms with Crippen molar-refractivity contribution in [1.82, 2.24) is 14.8 Å². The predicted octanol–water partition coefficient (Wildman–Crippen LogP) is 2.16. The van der Waals surface area contributed by atoms with Crippen molar-refractivity contribution in [3.05, 3.63) is 42.0 Å². The molecule has 0 bridgehead atoms. The van der Waals surface area contributed by atoms with Crippen LogP contribution in [-0.4, -0.2) is 14.8 Å². The molecule has 0 unspecified atom stereocenters. The van der Waals surface area contributed by atoms with Crippen molar-refractivity contribution in [2.75, 3.05) is 0 Å². The number of hydrogen-bond acceptors (Lipinski definition) is 3. The second-order valence-corrected chi connectivity index (χ2v) is 3.18. The van der Waals surface area contributed by atoms with Gasteiger partial charge >= 0.3 is 6.18 Å². The minimum absolute atomic E-state index is 0.354. The molecule has 0 spiro atoms. The van der Waals surface area contributed by atoms with Crippen LogP contribution in [0.3, 0.4) is 0 Å². The summed E-state index contributed by atoms with van der Waals surface area (Å²) in [4.78, 5) is 3.67. The van der Waals surface area contributed by atoms with Gasteiger partial charge in [0.05, 0.1) is 22.9 Å². The van der Waals surface area contributed by atoms with E-state index in [2.05, 4.69) is 10.1 Å². The second-order valence-electron chi connectivity index (χ2n) is 3.18. The van der Waals surface area contributed by atoms with Gasteiger partial charge in [0.25, 0.3) is 0 Å². The van der Waals surface area contributed by atoms with Crippen molar-refractivity contribution in [3.8, 4) is 11.8 Å². The Bertz CT molecular complexity index is 566. The van der Waals surface area contributed by atoms with E-state index in [1.54, 1.807) is 0 Å². The molecule has 2 aromatic rings. The lowest BCUT2D eigenvalue weighted by atomic mass is 10.1. The van der Waals surface area contributed by atoms with Crippen molar-refractivity contribution in [2.45, 2.75) is 6.18 Å². The highest BCUT2D eigenvalue weighted by molar-refractivity contribution is 5.47. The molecule has 4 nitrogen and oxygen atoms in total. The van der Waals surface area contributed by atoms with Crippen LogP contribution in [0.1, 0.15) is 11.1 Å². The highest BCUT2D eigenvalue weighted by Crippen LogP contribution is 2.32. The van der Waals surface area contributed by atoms with Gasteiger partial charge in [0.15, 0.2) is 0 Å². The van der Waals surface area contributed by atoms with Crippen molar-refractivity contribution in [1.29, 1.82) is 5.26 Å². The molecule has 1 heterocycles. The zero-order valence-corrected chi connectivity index (χ0v) is 8.31. The highest BCUT2D eigenvalue weighted by Gasteiger charge is 2.33. The minimum atomic E-state index is -4.54. The van der Waals surface area contributed by atoms with Crippen molar-refractivity contribution >= 4 is 0 Å². The summed E-state index contributed by atoms with van der Waals surface area (Å²) in [5.41, 5.74) is -1.04. The van der Waals surface area contributed by atoms with Gasteiger partial charge < -0.3 is 0 Å². The first-order chi connectivity index (χ1) is 8.02. The number of aromatic nitrogens is 3. The van der Waals surface area contributed by atoms with Gasteiger partial charge in [0, 0.05) is 0 Å². The Morgan fingerprint density at radius 2 is 2.06 bits per heavy atom. The molecule has 0 saturated carbocycles. The maximum atomic E-state index is 12.5. The Labute approximate surface area is 93.9 Å². The second kappa shape index (κ2) is 3.90. The maximum Gasteiger partial charge on any atom is 0.417 e. The quantitative estimate of drug-likeness (QED) is 0.764. The average Bonchev–Trinajstić information content (AvgIpc) is 2.80. The summed E-state index contributed by atoms with van der Waals surface area (Å²) in [6, 6.07) is 4.74. The number of alkyl halides is 3. The van der Waals surface area contributed by atoms with Crippen molar-refractivity contribution in [3.63, 3.8) is 0 Å². The molecule has 0 radical (unpaired) electrons. The van der Waals surface area contributed by atoms with Gasteiger partial charge in [-0.1, -0.05) is 0 Å². The Morgan fingerprint density at radius 1 is 1.29 bits per heavy atom. The van der Waals surface area contributed by atoms with Gasteiger partial charge in [-0.15, -0.1) is 0 Å². The molecule has 1 aromatic carbocycles. The zero-order chi connectivity index (χ0) is 12.5. The van der Waals surface area contributed by atoms with E-state index >= 15 is 0 Å². The van der Waals surface area contributed by atoms with Gasteiger partial charge in [-0.05, 0) is 18.2 Å². The van der Waals surface area contributed by atoms with Gasteiger partial charge in [0.2, 0.25) is 0 Å². The summed E-state index contributed by atoms with van der Waals surface area (Å²) in [6.45, 7) is 0. The third-order valence-corrected chi connectivity index (χ3v) is 2.11. The van der Waals surface area contributed by atoms with Crippen LogP contribution in [0.15, 0.2) is 30.9 Å². The maximum absolute atomic E-state index is 12.5. The third-order valence-electron chi connectivity index (χ3n) is 2.11. The van der Waals surface area contributed by atoms with E-state index < -0.39 is 17.3 Å². The fraction of sp³-hybridized carbons (Fsp3) is 0.100. The van der Waals surface area contributed by atoms with Gasteiger partial charge in [-0.3, -0.25) is 0 Å². The van der Waals surface area contributed by atoms with Crippen LogP contribution in [-0.2, 0) is 6.18 Å². The molecule has 17 heavy (non-hydrogen) atoms. The molecule has 0 aliphatic rings. The Balaban J connectivity index is 2.54. The zero-order valence-electron chi connectivity index (χ0n) is 8.31. The van der Waals surface area contributed by atoms with Crippen LogP contribution in [0, 0.1) is 11.3 Å². The molecule has 0 amide bonds. The van der Waals surface area contributed by atoms with E-state index in [4.69, 9.17) is 5.26 Å². The molecular weight excluding hydrogens is 233 g/mol. The molecule has 0 aliphatic heterocycles. The molecule has 1 aromatic heterocycles. The van der Waals surface area contributed by atoms with Crippen molar-refractivity contribution < 1.29 is 13.2 Å². The number of benzene rings is 1. The molecule has 2 rings (SSSR count). The van der Waals surface area contributed by atoms with E-state index in [9.17, 15) is 13.2 Å². The average molecular weight is 238 g/mol. The van der Waals surface area contributed by atoms with E-state index in [1.807, 2.05) is 0 Å². The highest BCUT2D eigenvalue weighted by atomic mass is 19.4. The summed E-state index contributed by atoms with van der Waals surface area (Å²) in [7, 11) is 0. The van der Waals surface area contributed by atoms with Gasteiger partial charge in [0.1, 0.15) is 12.7 Å². The van der Waals surface area contributed by atoms with Crippen LogP contribution >= 0.6 is 0 Å². The number of nitrogens with zero attached hydrogens (tertiary/aromatic N) is 4. The first-order valence-electron chi connectivity index (χ1n) is 4.48. The monoisotopic (exact) mass is 238 g/mol. The summed E-state index contributed by atoms with van der Waals surface area (Å²) in [5.74, 6) is 0. The largest absolute Gasteiger partial charge is 0.417 e. The number of halogens is 3. The summed E-state index contributed by atoms with van der Waals surface area (Å²) in [5, 5.41) is 12.5. The van der Waals surface area contributed by atoms with E-state index in [-0.39, 0.29) is 0 Å². The molecule has 0 atom stereocenters. The Morgan fingerprint density at radius 3 is 2.59 bits per heavy atom. The van der Waals surface area contributed by atoms with Crippen LogP contribution in [0.4, 0.5) is 13.2 Å². The lowest BCUT2D eigenvalue weighted by Gasteiger charge is -2.09. The van der Waals surface area contributed by atoms with Crippen LogP contribution < -0.4 is 0 Å². The molecule has 0 N–H and O–H groups in total. The molecule has 0 saturated heterocycles. The van der Waals surface area contributed by atoms with Crippen LogP contribution in [0.5, 0.6) is 0 Å². The SMILES string of the molecule is N#Cc1cc(-n2cncn2)ccc1C(F)(F)F. The molecule has 7 heteroatoms. The smallest absolute Gasteiger partial charge is 0.223 e. The fourth-order valence-corrected chi connectivity index (χ4v) is 1.36. The first-order valence-corrected chi connectivity index (χ1v) is 4.48. The lowest BCUT2D eigenvalue weighted by Crippen LogP contribution is -2.08. The van der Waals surface area contributed by atoms with Gasteiger partial charge in [-0.2, -0.15) is 23.5 Å². The van der Waals surface area contributed by atoms with Crippen LogP contribution in [0.2, 0.25) is 0 Å². The molecule has 0 aliphatic carbocycles. The summed E-state index contributed by atoms with van der Waals surface area (Å²) >= 11 is 0. The lowest BCUT2D eigenvalue weighted by molar-refractivity contribution is -0.137.